The van der Waals surface area contributed by atoms with Crippen LogP contribution in [0.4, 0.5) is 0 Å². The molecule has 0 heterocycles. The van der Waals surface area contributed by atoms with Crippen LogP contribution in [0.2, 0.25) is 0 Å². The second-order valence-corrected chi connectivity index (χ2v) is 4.84. The molecule has 1 aromatic rings. The van der Waals surface area contributed by atoms with Crippen LogP contribution in [0.3, 0.4) is 0 Å². The Labute approximate surface area is 117 Å². The largest absolute Gasteiger partial charge is 0.380 e. The predicted octanol–water partition coefficient (Wildman–Crippen LogP) is 2.78. The van der Waals surface area contributed by atoms with Gasteiger partial charge in [-0.3, -0.25) is 4.79 Å². The van der Waals surface area contributed by atoms with Crippen molar-refractivity contribution in [2.45, 2.75) is 11.3 Å². The molecule has 0 aliphatic heterocycles. The number of ether oxygens (including phenoxy) is 1. The first kappa shape index (κ1) is 15.3. The maximum atomic E-state index is 11.9. The average molecular weight is 288 g/mol. The standard InChI is InChI=1S/C13H18ClNO2S/c1-18-12-6-3-2-5-11(12)13(16)15-8-4-9-17-10-7-14/h2-3,5-6H,4,7-10H2,1H3,(H,15,16). The lowest BCUT2D eigenvalue weighted by Crippen LogP contribution is -2.25. The SMILES string of the molecule is CSc1ccccc1C(=O)NCCCOCCCl. The fourth-order valence-electron chi connectivity index (χ4n) is 1.46. The first-order chi connectivity index (χ1) is 8.79. The summed E-state index contributed by atoms with van der Waals surface area (Å²) in [6.07, 6.45) is 2.76. The third-order valence-electron chi connectivity index (χ3n) is 2.32. The zero-order valence-electron chi connectivity index (χ0n) is 10.4. The third kappa shape index (κ3) is 5.29. The van der Waals surface area contributed by atoms with Crippen LogP contribution in [0.25, 0.3) is 0 Å². The van der Waals surface area contributed by atoms with Gasteiger partial charge in [0.1, 0.15) is 0 Å². The Balaban J connectivity index is 2.32. The van der Waals surface area contributed by atoms with E-state index in [1.54, 1.807) is 11.8 Å². The van der Waals surface area contributed by atoms with E-state index in [1.807, 2.05) is 30.5 Å². The number of carbonyl (C=O) groups is 1. The van der Waals surface area contributed by atoms with E-state index in [0.717, 1.165) is 16.9 Å². The minimum Gasteiger partial charge on any atom is -0.380 e. The Morgan fingerprint density at radius 3 is 2.89 bits per heavy atom. The highest BCUT2D eigenvalue weighted by atomic mass is 35.5. The van der Waals surface area contributed by atoms with E-state index in [4.69, 9.17) is 16.3 Å². The zero-order valence-corrected chi connectivity index (χ0v) is 12.0. The summed E-state index contributed by atoms with van der Waals surface area (Å²) < 4.78 is 5.23. The molecule has 0 radical (unpaired) electrons. The van der Waals surface area contributed by atoms with Gasteiger partial charge >= 0.3 is 0 Å². The van der Waals surface area contributed by atoms with Crippen molar-refractivity contribution in [3.05, 3.63) is 29.8 Å². The third-order valence-corrected chi connectivity index (χ3v) is 3.27. The van der Waals surface area contributed by atoms with Crippen LogP contribution >= 0.6 is 23.4 Å². The fraction of sp³-hybridized carbons (Fsp3) is 0.462. The summed E-state index contributed by atoms with van der Waals surface area (Å²) in [7, 11) is 0. The maximum Gasteiger partial charge on any atom is 0.252 e. The van der Waals surface area contributed by atoms with Crippen LogP contribution in [0.15, 0.2) is 29.2 Å². The molecule has 0 bridgehead atoms. The van der Waals surface area contributed by atoms with E-state index in [0.29, 0.717) is 25.6 Å². The average Bonchev–Trinajstić information content (AvgIpc) is 2.42. The second kappa shape index (κ2) is 9.25. The van der Waals surface area contributed by atoms with Crippen molar-refractivity contribution >= 4 is 29.3 Å². The Morgan fingerprint density at radius 1 is 1.39 bits per heavy atom. The van der Waals surface area contributed by atoms with Crippen molar-refractivity contribution in [2.75, 3.05) is 31.9 Å². The molecule has 1 aromatic carbocycles. The molecular weight excluding hydrogens is 270 g/mol. The number of thioether (sulfide) groups is 1. The molecule has 0 atom stereocenters. The highest BCUT2D eigenvalue weighted by molar-refractivity contribution is 7.98. The molecule has 1 rings (SSSR count). The van der Waals surface area contributed by atoms with Gasteiger partial charge in [0.15, 0.2) is 0 Å². The van der Waals surface area contributed by atoms with E-state index >= 15 is 0 Å². The number of carbonyl (C=O) groups excluding carboxylic acids is 1. The van der Waals surface area contributed by atoms with Crippen molar-refractivity contribution < 1.29 is 9.53 Å². The molecule has 0 saturated heterocycles. The molecule has 0 unspecified atom stereocenters. The highest BCUT2D eigenvalue weighted by Gasteiger charge is 2.08. The van der Waals surface area contributed by atoms with Crippen molar-refractivity contribution in [3.8, 4) is 0 Å². The molecule has 18 heavy (non-hydrogen) atoms. The molecule has 100 valence electrons. The number of benzene rings is 1. The van der Waals surface area contributed by atoms with Crippen LogP contribution in [-0.4, -0.2) is 37.8 Å². The van der Waals surface area contributed by atoms with Crippen molar-refractivity contribution in [1.82, 2.24) is 5.32 Å². The molecule has 1 N–H and O–H groups in total. The molecule has 5 heteroatoms. The first-order valence-corrected chi connectivity index (χ1v) is 7.60. The smallest absolute Gasteiger partial charge is 0.252 e. The lowest BCUT2D eigenvalue weighted by molar-refractivity contribution is 0.0941. The van der Waals surface area contributed by atoms with E-state index in [1.165, 1.54) is 0 Å². The number of nitrogens with one attached hydrogen (secondary N) is 1. The number of amides is 1. The van der Waals surface area contributed by atoms with Gasteiger partial charge in [0.2, 0.25) is 0 Å². The Kier molecular flexibility index (Phi) is 7.89. The second-order valence-electron chi connectivity index (χ2n) is 3.61. The summed E-state index contributed by atoms with van der Waals surface area (Å²) in [5.74, 6) is 0.477. The Bertz CT molecular complexity index is 374. The number of halogens is 1. The minimum atomic E-state index is -0.0303. The number of hydrogen-bond donors (Lipinski definition) is 1. The van der Waals surface area contributed by atoms with Crippen LogP contribution in [-0.2, 0) is 4.74 Å². The summed E-state index contributed by atoms with van der Waals surface area (Å²) in [6.45, 7) is 1.80. The molecule has 0 aliphatic carbocycles. The molecule has 0 saturated carbocycles. The van der Waals surface area contributed by atoms with Crippen LogP contribution in [0, 0.1) is 0 Å². The molecule has 0 aliphatic rings. The predicted molar refractivity (Wildman–Crippen MR) is 76.7 cm³/mol. The molecular formula is C13H18ClNO2S. The molecule has 0 aromatic heterocycles. The maximum absolute atomic E-state index is 11.9. The summed E-state index contributed by atoms with van der Waals surface area (Å²) in [5.41, 5.74) is 0.728. The van der Waals surface area contributed by atoms with Gasteiger partial charge in [-0.1, -0.05) is 12.1 Å². The quantitative estimate of drug-likeness (QED) is 0.454. The highest BCUT2D eigenvalue weighted by Crippen LogP contribution is 2.19. The lowest BCUT2D eigenvalue weighted by atomic mass is 10.2. The molecule has 3 nitrogen and oxygen atoms in total. The summed E-state index contributed by atoms with van der Waals surface area (Å²) >= 11 is 7.06. The first-order valence-electron chi connectivity index (χ1n) is 5.84. The van der Waals surface area contributed by atoms with Gasteiger partial charge in [-0.15, -0.1) is 23.4 Å². The lowest BCUT2D eigenvalue weighted by Gasteiger charge is -2.08. The molecule has 1 amide bonds. The van der Waals surface area contributed by atoms with E-state index in [2.05, 4.69) is 5.32 Å². The van der Waals surface area contributed by atoms with Gasteiger partial charge < -0.3 is 10.1 Å². The number of rotatable bonds is 8. The van der Waals surface area contributed by atoms with Gasteiger partial charge in [-0.2, -0.15) is 0 Å². The van der Waals surface area contributed by atoms with E-state index in [-0.39, 0.29) is 5.91 Å². The monoisotopic (exact) mass is 287 g/mol. The van der Waals surface area contributed by atoms with Gasteiger partial charge in [0.05, 0.1) is 12.2 Å². The van der Waals surface area contributed by atoms with Crippen molar-refractivity contribution in [3.63, 3.8) is 0 Å². The summed E-state index contributed by atoms with van der Waals surface area (Å²) in [5, 5.41) is 2.89. The van der Waals surface area contributed by atoms with Gasteiger partial charge in [0, 0.05) is 23.9 Å². The van der Waals surface area contributed by atoms with Crippen LogP contribution in [0.5, 0.6) is 0 Å². The number of alkyl halides is 1. The Morgan fingerprint density at radius 2 is 2.17 bits per heavy atom. The summed E-state index contributed by atoms with van der Waals surface area (Å²) in [6, 6.07) is 7.59. The Hall–Kier alpha value is -0.710. The topological polar surface area (TPSA) is 38.3 Å². The van der Waals surface area contributed by atoms with Gasteiger partial charge in [0.25, 0.3) is 5.91 Å². The van der Waals surface area contributed by atoms with E-state index in [9.17, 15) is 4.79 Å². The van der Waals surface area contributed by atoms with Crippen LogP contribution in [0.1, 0.15) is 16.8 Å². The van der Waals surface area contributed by atoms with Crippen LogP contribution < -0.4 is 5.32 Å². The number of hydrogen-bond acceptors (Lipinski definition) is 3. The normalized spacial score (nSPS) is 10.3. The zero-order chi connectivity index (χ0) is 13.2. The molecule has 0 fully saturated rings. The summed E-state index contributed by atoms with van der Waals surface area (Å²) in [4.78, 5) is 12.9. The minimum absolute atomic E-state index is 0.0303. The van der Waals surface area contributed by atoms with E-state index < -0.39 is 0 Å². The van der Waals surface area contributed by atoms with Crippen molar-refractivity contribution in [2.24, 2.45) is 0 Å². The van der Waals surface area contributed by atoms with Gasteiger partial charge in [-0.25, -0.2) is 0 Å². The van der Waals surface area contributed by atoms with Gasteiger partial charge in [-0.05, 0) is 24.8 Å². The molecule has 0 spiro atoms. The fourth-order valence-corrected chi connectivity index (χ4v) is 2.16. The van der Waals surface area contributed by atoms with Crippen molar-refractivity contribution in [1.29, 1.82) is 0 Å².